The molecular weight excluding hydrogens is 367 g/mol. The van der Waals surface area contributed by atoms with Crippen LogP contribution in [0.15, 0.2) is 48.5 Å². The second-order valence-electron chi connectivity index (χ2n) is 7.39. The highest BCUT2D eigenvalue weighted by atomic mass is 35.5. The van der Waals surface area contributed by atoms with Crippen LogP contribution in [0.3, 0.4) is 0 Å². The third-order valence-electron chi connectivity index (χ3n) is 5.80. The van der Waals surface area contributed by atoms with Gasteiger partial charge >= 0.3 is 0 Å². The SMILES string of the molecule is O=C(NC(c1ccccc1)c1ccc(Cl)c(Cl)c1)C1CC12CCNCC2. The zero-order chi connectivity index (χ0) is 18.1. The normalized spacial score (nSPS) is 22.0. The van der Waals surface area contributed by atoms with Crippen LogP contribution >= 0.6 is 23.2 Å². The van der Waals surface area contributed by atoms with E-state index in [1.165, 1.54) is 0 Å². The van der Waals surface area contributed by atoms with Crippen LogP contribution in [-0.2, 0) is 4.79 Å². The summed E-state index contributed by atoms with van der Waals surface area (Å²) in [7, 11) is 0. The first-order chi connectivity index (χ1) is 12.6. The van der Waals surface area contributed by atoms with E-state index in [2.05, 4.69) is 10.6 Å². The van der Waals surface area contributed by atoms with Gasteiger partial charge in [0.2, 0.25) is 5.91 Å². The Kier molecular flexibility index (Phi) is 4.96. The van der Waals surface area contributed by atoms with Crippen molar-refractivity contribution in [3.8, 4) is 0 Å². The summed E-state index contributed by atoms with van der Waals surface area (Å²) >= 11 is 12.3. The molecular formula is C21H22Cl2N2O. The van der Waals surface area contributed by atoms with E-state index >= 15 is 0 Å². The van der Waals surface area contributed by atoms with Gasteiger partial charge in [0.15, 0.2) is 0 Å². The Bertz CT molecular complexity index is 803. The molecule has 2 fully saturated rings. The first-order valence-corrected chi connectivity index (χ1v) is 9.86. The highest BCUT2D eigenvalue weighted by Crippen LogP contribution is 2.58. The average molecular weight is 389 g/mol. The summed E-state index contributed by atoms with van der Waals surface area (Å²) in [6, 6.07) is 15.3. The van der Waals surface area contributed by atoms with Gasteiger partial charge in [-0.25, -0.2) is 0 Å². The molecule has 1 saturated heterocycles. The molecule has 136 valence electrons. The molecule has 2 aromatic rings. The number of carbonyl (C=O) groups is 1. The summed E-state index contributed by atoms with van der Waals surface area (Å²) in [6.45, 7) is 2.03. The minimum Gasteiger partial charge on any atom is -0.345 e. The molecule has 0 aromatic heterocycles. The molecule has 1 aliphatic heterocycles. The molecule has 2 atom stereocenters. The molecule has 0 bridgehead atoms. The minimum atomic E-state index is -0.224. The Morgan fingerprint density at radius 1 is 1.04 bits per heavy atom. The number of halogens is 2. The molecule has 1 spiro atoms. The van der Waals surface area contributed by atoms with E-state index in [-0.39, 0.29) is 23.3 Å². The Hall–Kier alpha value is -1.55. The van der Waals surface area contributed by atoms with E-state index in [1.807, 2.05) is 42.5 Å². The van der Waals surface area contributed by atoms with Crippen molar-refractivity contribution in [2.45, 2.75) is 25.3 Å². The quantitative estimate of drug-likeness (QED) is 0.803. The lowest BCUT2D eigenvalue weighted by molar-refractivity contribution is -0.123. The Morgan fingerprint density at radius 2 is 1.77 bits per heavy atom. The van der Waals surface area contributed by atoms with Gasteiger partial charge in [0.25, 0.3) is 0 Å². The number of piperidine rings is 1. The summed E-state index contributed by atoms with van der Waals surface area (Å²) in [5.41, 5.74) is 2.20. The molecule has 2 aliphatic rings. The maximum absolute atomic E-state index is 13.0. The number of amides is 1. The third-order valence-corrected chi connectivity index (χ3v) is 6.54. The Balaban J connectivity index is 1.57. The Morgan fingerprint density at radius 3 is 2.46 bits per heavy atom. The van der Waals surface area contributed by atoms with Gasteiger partial charge < -0.3 is 10.6 Å². The van der Waals surface area contributed by atoms with Crippen molar-refractivity contribution in [3.05, 3.63) is 69.7 Å². The molecule has 0 radical (unpaired) electrons. The van der Waals surface area contributed by atoms with E-state index in [4.69, 9.17) is 23.2 Å². The van der Waals surface area contributed by atoms with Gasteiger partial charge in [-0.2, -0.15) is 0 Å². The molecule has 1 heterocycles. The van der Waals surface area contributed by atoms with Crippen LogP contribution in [0.2, 0.25) is 10.0 Å². The fourth-order valence-electron chi connectivity index (χ4n) is 4.14. The second-order valence-corrected chi connectivity index (χ2v) is 8.21. The largest absolute Gasteiger partial charge is 0.345 e. The second kappa shape index (κ2) is 7.22. The number of rotatable bonds is 4. The molecule has 3 nitrogen and oxygen atoms in total. The van der Waals surface area contributed by atoms with Gasteiger partial charge in [-0.3, -0.25) is 4.79 Å². The zero-order valence-corrected chi connectivity index (χ0v) is 16.0. The topological polar surface area (TPSA) is 41.1 Å². The van der Waals surface area contributed by atoms with Gasteiger partial charge in [0.1, 0.15) is 0 Å². The molecule has 2 N–H and O–H groups in total. The molecule has 4 rings (SSSR count). The fraction of sp³-hybridized carbons (Fsp3) is 0.381. The van der Waals surface area contributed by atoms with Crippen LogP contribution in [0.5, 0.6) is 0 Å². The van der Waals surface area contributed by atoms with E-state index in [1.54, 1.807) is 6.07 Å². The highest BCUT2D eigenvalue weighted by Gasteiger charge is 2.57. The van der Waals surface area contributed by atoms with E-state index in [9.17, 15) is 4.79 Å². The monoisotopic (exact) mass is 388 g/mol. The van der Waals surface area contributed by atoms with E-state index in [0.29, 0.717) is 10.0 Å². The van der Waals surface area contributed by atoms with Crippen LogP contribution in [0, 0.1) is 11.3 Å². The lowest BCUT2D eigenvalue weighted by atomic mass is 9.91. The molecule has 2 unspecified atom stereocenters. The van der Waals surface area contributed by atoms with Crippen LogP contribution in [0.4, 0.5) is 0 Å². The first kappa shape index (κ1) is 17.8. The third kappa shape index (κ3) is 3.48. The predicted octanol–water partition coefficient (Wildman–Crippen LogP) is 4.59. The van der Waals surface area contributed by atoms with Gasteiger partial charge in [-0.05, 0) is 61.0 Å². The average Bonchev–Trinajstić information content (AvgIpc) is 3.36. The minimum absolute atomic E-state index is 0.124. The first-order valence-electron chi connectivity index (χ1n) is 9.10. The van der Waals surface area contributed by atoms with E-state index in [0.717, 1.165) is 43.5 Å². The number of nitrogens with one attached hydrogen (secondary N) is 2. The van der Waals surface area contributed by atoms with Crippen molar-refractivity contribution in [2.75, 3.05) is 13.1 Å². The van der Waals surface area contributed by atoms with Crippen LogP contribution in [0.25, 0.3) is 0 Å². The smallest absolute Gasteiger partial charge is 0.224 e. The van der Waals surface area contributed by atoms with Crippen molar-refractivity contribution in [3.63, 3.8) is 0 Å². The number of hydrogen-bond donors (Lipinski definition) is 2. The van der Waals surface area contributed by atoms with Gasteiger partial charge in [-0.1, -0.05) is 59.6 Å². The van der Waals surface area contributed by atoms with Crippen LogP contribution in [-0.4, -0.2) is 19.0 Å². The summed E-state index contributed by atoms with van der Waals surface area (Å²) < 4.78 is 0. The molecule has 1 saturated carbocycles. The molecule has 26 heavy (non-hydrogen) atoms. The number of hydrogen-bond acceptors (Lipinski definition) is 2. The summed E-state index contributed by atoms with van der Waals surface area (Å²) in [6.07, 6.45) is 3.19. The van der Waals surface area contributed by atoms with Crippen LogP contribution in [0.1, 0.15) is 36.4 Å². The van der Waals surface area contributed by atoms with Crippen molar-refractivity contribution < 1.29 is 4.79 Å². The van der Waals surface area contributed by atoms with Gasteiger partial charge in [0, 0.05) is 5.92 Å². The van der Waals surface area contributed by atoms with Crippen molar-refractivity contribution >= 4 is 29.1 Å². The molecule has 1 amide bonds. The highest BCUT2D eigenvalue weighted by molar-refractivity contribution is 6.42. The van der Waals surface area contributed by atoms with Crippen molar-refractivity contribution in [1.29, 1.82) is 0 Å². The van der Waals surface area contributed by atoms with Crippen LogP contribution < -0.4 is 10.6 Å². The summed E-state index contributed by atoms with van der Waals surface area (Å²) in [5, 5.41) is 7.67. The maximum atomic E-state index is 13.0. The molecule has 5 heteroatoms. The molecule has 2 aromatic carbocycles. The van der Waals surface area contributed by atoms with Gasteiger partial charge in [-0.15, -0.1) is 0 Å². The lowest BCUT2D eigenvalue weighted by Crippen LogP contribution is -2.35. The van der Waals surface area contributed by atoms with E-state index < -0.39 is 0 Å². The maximum Gasteiger partial charge on any atom is 0.224 e. The van der Waals surface area contributed by atoms with Crippen molar-refractivity contribution in [1.82, 2.24) is 10.6 Å². The van der Waals surface area contributed by atoms with Gasteiger partial charge in [0.05, 0.1) is 16.1 Å². The zero-order valence-electron chi connectivity index (χ0n) is 14.5. The lowest BCUT2D eigenvalue weighted by Gasteiger charge is -2.25. The molecule has 1 aliphatic carbocycles. The summed E-state index contributed by atoms with van der Waals surface area (Å²) in [5.74, 6) is 0.269. The fourth-order valence-corrected chi connectivity index (χ4v) is 4.44. The van der Waals surface area contributed by atoms with Crippen molar-refractivity contribution in [2.24, 2.45) is 11.3 Å². The number of benzene rings is 2. The standard InChI is InChI=1S/C21H22Cl2N2O/c22-17-7-6-15(12-18(17)23)19(14-4-2-1-3-5-14)25-20(26)16-13-21(16)8-10-24-11-9-21/h1-7,12,16,19,24H,8-11,13H2,(H,25,26). The Labute approximate surface area is 164 Å². The predicted molar refractivity (Wildman–Crippen MR) is 106 cm³/mol. The number of carbonyl (C=O) groups excluding carboxylic acids is 1. The summed E-state index contributed by atoms with van der Waals surface area (Å²) in [4.78, 5) is 13.0.